The second-order valence-corrected chi connectivity index (χ2v) is 9.60. The third-order valence-electron chi connectivity index (χ3n) is 6.98. The maximum atomic E-state index is 6.26. The van der Waals surface area contributed by atoms with Crippen LogP contribution in [0, 0.1) is 0 Å². The van der Waals surface area contributed by atoms with Gasteiger partial charge in [0.15, 0.2) is 0 Å². The minimum absolute atomic E-state index is 0.422. The lowest BCUT2D eigenvalue weighted by atomic mass is 9.83. The Bertz CT molecular complexity index is 1520. The number of hydrogen-bond acceptors (Lipinski definition) is 5. The zero-order chi connectivity index (χ0) is 22.8. The zero-order valence-electron chi connectivity index (χ0n) is 19.2. The van der Waals surface area contributed by atoms with E-state index < -0.39 is 18.3 Å². The molecule has 33 heavy (non-hydrogen) atoms. The lowest BCUT2D eigenvalue weighted by molar-refractivity contribution is 0.00578. The Morgan fingerprint density at radius 2 is 1.48 bits per heavy atom. The molecular formula is C27H24BN3O2. The van der Waals surface area contributed by atoms with Crippen LogP contribution >= 0.6 is 0 Å². The van der Waals surface area contributed by atoms with Crippen molar-refractivity contribution >= 4 is 45.4 Å². The van der Waals surface area contributed by atoms with Gasteiger partial charge in [-0.25, -0.2) is 4.98 Å². The van der Waals surface area contributed by atoms with Crippen LogP contribution in [0.5, 0.6) is 0 Å². The molecule has 0 atom stereocenters. The molecule has 1 fully saturated rings. The minimum Gasteiger partial charge on any atom is -0.398 e. The molecule has 0 radical (unpaired) electrons. The second kappa shape index (κ2) is 7.08. The van der Waals surface area contributed by atoms with Gasteiger partial charge in [0.05, 0.1) is 33.3 Å². The van der Waals surface area contributed by atoms with Crippen molar-refractivity contribution in [3.8, 4) is 11.1 Å². The van der Waals surface area contributed by atoms with Crippen LogP contribution in [0.15, 0.2) is 73.1 Å². The molecule has 5 aromatic rings. The highest BCUT2D eigenvalue weighted by Gasteiger charge is 2.52. The molecule has 0 unspecified atom stereocenters. The molecule has 0 aliphatic carbocycles. The normalized spacial score (nSPS) is 17.3. The SMILES string of the molecule is CC1(C)OB(c2ccc3ccc4c(-c5cccnc5)c5ccccc5nc4c3n2)OC1(C)C. The summed E-state index contributed by atoms with van der Waals surface area (Å²) in [4.78, 5) is 14.4. The molecule has 6 rings (SSSR count). The molecule has 5 nitrogen and oxygen atoms in total. The van der Waals surface area contributed by atoms with Crippen LogP contribution in [-0.2, 0) is 9.31 Å². The third kappa shape index (κ3) is 3.13. The predicted molar refractivity (Wildman–Crippen MR) is 133 cm³/mol. The quantitative estimate of drug-likeness (QED) is 0.215. The van der Waals surface area contributed by atoms with E-state index in [2.05, 4.69) is 63.0 Å². The van der Waals surface area contributed by atoms with Crippen molar-refractivity contribution in [1.29, 1.82) is 0 Å². The van der Waals surface area contributed by atoms with Crippen LogP contribution in [0.25, 0.3) is 43.8 Å². The molecule has 0 N–H and O–H groups in total. The van der Waals surface area contributed by atoms with E-state index in [0.29, 0.717) is 0 Å². The largest absolute Gasteiger partial charge is 0.514 e. The van der Waals surface area contributed by atoms with Gasteiger partial charge in [0.2, 0.25) is 0 Å². The fraction of sp³-hybridized carbons (Fsp3) is 0.222. The summed E-state index contributed by atoms with van der Waals surface area (Å²) in [5, 5.41) is 3.18. The summed E-state index contributed by atoms with van der Waals surface area (Å²) in [5.41, 5.74) is 4.73. The Morgan fingerprint density at radius 3 is 2.24 bits per heavy atom. The number of aromatic nitrogens is 3. The summed E-state index contributed by atoms with van der Waals surface area (Å²) in [6.45, 7) is 8.21. The van der Waals surface area contributed by atoms with Crippen molar-refractivity contribution < 1.29 is 9.31 Å². The van der Waals surface area contributed by atoms with Gasteiger partial charge in [-0.15, -0.1) is 0 Å². The van der Waals surface area contributed by atoms with Gasteiger partial charge in [0, 0.05) is 39.7 Å². The first-order valence-electron chi connectivity index (χ1n) is 11.2. The molecule has 1 aliphatic rings. The summed E-state index contributed by atoms with van der Waals surface area (Å²) >= 11 is 0. The molecule has 0 bridgehead atoms. The Balaban J connectivity index is 1.63. The summed E-state index contributed by atoms with van der Waals surface area (Å²) in [6.07, 6.45) is 3.70. The lowest BCUT2D eigenvalue weighted by Gasteiger charge is -2.32. The van der Waals surface area contributed by atoms with E-state index in [-0.39, 0.29) is 0 Å². The van der Waals surface area contributed by atoms with Crippen LogP contribution in [0.1, 0.15) is 27.7 Å². The first-order chi connectivity index (χ1) is 15.8. The van der Waals surface area contributed by atoms with E-state index in [0.717, 1.165) is 49.4 Å². The number of nitrogens with zero attached hydrogens (tertiary/aromatic N) is 3. The second-order valence-electron chi connectivity index (χ2n) is 9.60. The molecule has 1 aliphatic heterocycles. The first-order valence-corrected chi connectivity index (χ1v) is 11.2. The first kappa shape index (κ1) is 20.3. The topological polar surface area (TPSA) is 57.1 Å². The third-order valence-corrected chi connectivity index (χ3v) is 6.98. The number of para-hydroxylation sites is 1. The van der Waals surface area contributed by atoms with Gasteiger partial charge < -0.3 is 9.31 Å². The Kier molecular flexibility index (Phi) is 4.35. The fourth-order valence-corrected chi connectivity index (χ4v) is 4.47. The van der Waals surface area contributed by atoms with E-state index in [4.69, 9.17) is 19.3 Å². The van der Waals surface area contributed by atoms with E-state index in [9.17, 15) is 0 Å². The minimum atomic E-state index is -0.520. The average molecular weight is 433 g/mol. The molecule has 1 saturated heterocycles. The number of hydrogen-bond donors (Lipinski definition) is 0. The summed E-state index contributed by atoms with van der Waals surface area (Å²) in [6, 6.07) is 20.6. The summed E-state index contributed by atoms with van der Waals surface area (Å²) < 4.78 is 12.5. The average Bonchev–Trinajstić information content (AvgIpc) is 3.04. The summed E-state index contributed by atoms with van der Waals surface area (Å²) in [5.74, 6) is 0. The van der Waals surface area contributed by atoms with Gasteiger partial charge in [-0.05, 0) is 45.9 Å². The number of fused-ring (bicyclic) bond motifs is 4. The molecule has 6 heteroatoms. The van der Waals surface area contributed by atoms with E-state index >= 15 is 0 Å². The van der Waals surface area contributed by atoms with Crippen LogP contribution in [0.2, 0.25) is 0 Å². The molecular weight excluding hydrogens is 409 g/mol. The number of benzene rings is 2. The van der Waals surface area contributed by atoms with Crippen LogP contribution in [-0.4, -0.2) is 33.3 Å². The highest BCUT2D eigenvalue weighted by molar-refractivity contribution is 6.61. The van der Waals surface area contributed by atoms with Gasteiger partial charge in [-0.1, -0.05) is 42.5 Å². The predicted octanol–water partition coefficient (Wildman–Crippen LogP) is 5.30. The lowest BCUT2D eigenvalue weighted by Crippen LogP contribution is -2.41. The highest BCUT2D eigenvalue weighted by Crippen LogP contribution is 2.38. The molecule has 0 saturated carbocycles. The van der Waals surface area contributed by atoms with E-state index in [1.807, 2.05) is 36.5 Å². The van der Waals surface area contributed by atoms with Gasteiger partial charge in [-0.2, -0.15) is 0 Å². The van der Waals surface area contributed by atoms with Crippen LogP contribution in [0.3, 0.4) is 0 Å². The zero-order valence-corrected chi connectivity index (χ0v) is 19.2. The maximum Gasteiger partial charge on any atom is 0.514 e. The van der Waals surface area contributed by atoms with Crippen LogP contribution in [0.4, 0.5) is 0 Å². The van der Waals surface area contributed by atoms with Crippen LogP contribution < -0.4 is 5.59 Å². The standard InChI is InChI=1S/C27H24BN3O2/c1-26(2)27(3,4)33-28(32-26)22-14-12-17-11-13-20-23(18-8-7-15-29-16-18)19-9-5-6-10-21(19)30-25(20)24(17)31-22/h5-16H,1-4H3. The van der Waals surface area contributed by atoms with E-state index in [1.165, 1.54) is 0 Å². The maximum absolute atomic E-state index is 6.26. The van der Waals surface area contributed by atoms with Crippen molar-refractivity contribution in [1.82, 2.24) is 15.0 Å². The van der Waals surface area contributed by atoms with Gasteiger partial charge in [-0.3, -0.25) is 9.97 Å². The van der Waals surface area contributed by atoms with Gasteiger partial charge in [0.25, 0.3) is 0 Å². The van der Waals surface area contributed by atoms with Crippen molar-refractivity contribution in [2.24, 2.45) is 0 Å². The van der Waals surface area contributed by atoms with Crippen molar-refractivity contribution in [3.05, 3.63) is 73.1 Å². The molecule has 4 heterocycles. The van der Waals surface area contributed by atoms with Crippen molar-refractivity contribution in [2.45, 2.75) is 38.9 Å². The molecule has 0 spiro atoms. The van der Waals surface area contributed by atoms with Crippen molar-refractivity contribution in [2.75, 3.05) is 0 Å². The van der Waals surface area contributed by atoms with E-state index in [1.54, 1.807) is 6.20 Å². The Hall–Kier alpha value is -3.35. The van der Waals surface area contributed by atoms with Crippen molar-refractivity contribution in [3.63, 3.8) is 0 Å². The Morgan fingerprint density at radius 1 is 0.727 bits per heavy atom. The molecule has 2 aromatic carbocycles. The highest BCUT2D eigenvalue weighted by atomic mass is 16.7. The van der Waals surface area contributed by atoms with Gasteiger partial charge >= 0.3 is 7.12 Å². The summed E-state index contributed by atoms with van der Waals surface area (Å²) in [7, 11) is -0.520. The number of pyridine rings is 3. The number of rotatable bonds is 2. The monoisotopic (exact) mass is 433 g/mol. The molecule has 162 valence electrons. The fourth-order valence-electron chi connectivity index (χ4n) is 4.47. The Labute approximate surface area is 192 Å². The van der Waals surface area contributed by atoms with Gasteiger partial charge in [0.1, 0.15) is 0 Å². The smallest absolute Gasteiger partial charge is 0.398 e. The molecule has 3 aromatic heterocycles. The molecule has 0 amide bonds.